The van der Waals surface area contributed by atoms with Crippen LogP contribution >= 0.6 is 0 Å². The van der Waals surface area contributed by atoms with E-state index in [0.717, 1.165) is 31.7 Å². The lowest BCUT2D eigenvalue weighted by atomic mass is 10.1. The third kappa shape index (κ3) is 3.85. The Hall–Kier alpha value is -1.82. The van der Waals surface area contributed by atoms with Gasteiger partial charge in [0.25, 0.3) is 0 Å². The molecule has 1 heterocycles. The topological polar surface area (TPSA) is 67.6 Å². The third-order valence-corrected chi connectivity index (χ3v) is 3.82. The van der Waals surface area contributed by atoms with E-state index in [2.05, 4.69) is 17.1 Å². The van der Waals surface area contributed by atoms with E-state index in [1.165, 1.54) is 26.0 Å². The van der Waals surface area contributed by atoms with Crippen molar-refractivity contribution in [1.82, 2.24) is 5.32 Å². The minimum atomic E-state index is -0.411. The highest BCUT2D eigenvalue weighted by atomic mass is 16.6. The van der Waals surface area contributed by atoms with E-state index in [1.54, 1.807) is 6.07 Å². The molecule has 116 valence electrons. The Balaban J connectivity index is 2.20. The number of nitrogens with one attached hydrogen (secondary N) is 1. The van der Waals surface area contributed by atoms with E-state index >= 15 is 0 Å². The SMILES string of the molecule is CCCN(CC1CCCN1)c1ccc([N+](=O)[O-])c(OC)c1. The molecule has 6 nitrogen and oxygen atoms in total. The van der Waals surface area contributed by atoms with Gasteiger partial charge in [0.15, 0.2) is 5.75 Å². The molecule has 0 aliphatic carbocycles. The van der Waals surface area contributed by atoms with Crippen molar-refractivity contribution in [3.8, 4) is 5.75 Å². The van der Waals surface area contributed by atoms with Crippen molar-refractivity contribution in [1.29, 1.82) is 0 Å². The molecule has 0 saturated carbocycles. The van der Waals surface area contributed by atoms with Gasteiger partial charge in [-0.25, -0.2) is 0 Å². The zero-order valence-corrected chi connectivity index (χ0v) is 12.7. The summed E-state index contributed by atoms with van der Waals surface area (Å²) in [6.07, 6.45) is 3.44. The number of nitro benzene ring substituents is 1. The first-order valence-corrected chi connectivity index (χ1v) is 7.46. The summed E-state index contributed by atoms with van der Waals surface area (Å²) >= 11 is 0. The number of rotatable bonds is 7. The maximum absolute atomic E-state index is 11.0. The highest BCUT2D eigenvalue weighted by Gasteiger charge is 2.20. The van der Waals surface area contributed by atoms with Crippen LogP contribution in [0.4, 0.5) is 11.4 Å². The number of methoxy groups -OCH3 is 1. The summed E-state index contributed by atoms with van der Waals surface area (Å²) in [7, 11) is 1.47. The van der Waals surface area contributed by atoms with Crippen molar-refractivity contribution >= 4 is 11.4 Å². The molecule has 1 unspecified atom stereocenters. The van der Waals surface area contributed by atoms with Gasteiger partial charge in [-0.2, -0.15) is 0 Å². The molecule has 0 radical (unpaired) electrons. The van der Waals surface area contributed by atoms with E-state index in [4.69, 9.17) is 4.74 Å². The van der Waals surface area contributed by atoms with Crippen LogP contribution in [0.3, 0.4) is 0 Å². The number of benzene rings is 1. The van der Waals surface area contributed by atoms with Crippen LogP contribution in [-0.2, 0) is 0 Å². The van der Waals surface area contributed by atoms with Gasteiger partial charge in [-0.3, -0.25) is 10.1 Å². The predicted octanol–water partition coefficient (Wildman–Crippen LogP) is 2.57. The van der Waals surface area contributed by atoms with Crippen LogP contribution < -0.4 is 15.0 Å². The van der Waals surface area contributed by atoms with Crippen LogP contribution in [0, 0.1) is 10.1 Å². The maximum atomic E-state index is 11.0. The van der Waals surface area contributed by atoms with Gasteiger partial charge in [0.05, 0.1) is 12.0 Å². The van der Waals surface area contributed by atoms with Gasteiger partial charge in [-0.15, -0.1) is 0 Å². The van der Waals surface area contributed by atoms with Crippen molar-refractivity contribution in [2.75, 3.05) is 31.6 Å². The fourth-order valence-electron chi connectivity index (χ4n) is 2.79. The lowest BCUT2D eigenvalue weighted by Gasteiger charge is -2.27. The molecule has 6 heteroatoms. The summed E-state index contributed by atoms with van der Waals surface area (Å²) < 4.78 is 5.16. The van der Waals surface area contributed by atoms with Gasteiger partial charge in [-0.05, 0) is 31.9 Å². The van der Waals surface area contributed by atoms with Crippen LogP contribution in [0.15, 0.2) is 18.2 Å². The Morgan fingerprint density at radius 3 is 2.90 bits per heavy atom. The van der Waals surface area contributed by atoms with Gasteiger partial charge >= 0.3 is 5.69 Å². The molecule has 1 aromatic rings. The maximum Gasteiger partial charge on any atom is 0.311 e. The van der Waals surface area contributed by atoms with Gasteiger partial charge in [0, 0.05) is 37.0 Å². The molecule has 1 aliphatic heterocycles. The molecular weight excluding hydrogens is 270 g/mol. The van der Waals surface area contributed by atoms with Crippen molar-refractivity contribution in [3.05, 3.63) is 28.3 Å². The third-order valence-electron chi connectivity index (χ3n) is 3.82. The lowest BCUT2D eigenvalue weighted by molar-refractivity contribution is -0.385. The Labute approximate surface area is 125 Å². The first-order valence-electron chi connectivity index (χ1n) is 7.46. The van der Waals surface area contributed by atoms with Gasteiger partial charge in [-0.1, -0.05) is 6.92 Å². The number of hydrogen-bond donors (Lipinski definition) is 1. The lowest BCUT2D eigenvalue weighted by Crippen LogP contribution is -2.38. The standard InChI is InChI=1S/C15H23N3O3/c1-3-9-17(11-12-5-4-8-16-12)13-6-7-14(18(19)20)15(10-13)21-2/h6-7,10,12,16H,3-5,8-9,11H2,1-2H3. The number of hydrogen-bond acceptors (Lipinski definition) is 5. The second-order valence-corrected chi connectivity index (χ2v) is 5.35. The largest absolute Gasteiger partial charge is 0.490 e. The number of anilines is 1. The molecule has 1 saturated heterocycles. The Bertz CT molecular complexity index is 487. The quantitative estimate of drug-likeness (QED) is 0.618. The Morgan fingerprint density at radius 2 is 2.33 bits per heavy atom. The van der Waals surface area contributed by atoms with Crippen molar-refractivity contribution in [2.24, 2.45) is 0 Å². The molecule has 1 fully saturated rings. The average molecular weight is 293 g/mol. The molecule has 1 aliphatic rings. The van der Waals surface area contributed by atoms with Crippen molar-refractivity contribution in [2.45, 2.75) is 32.2 Å². The highest BCUT2D eigenvalue weighted by Crippen LogP contribution is 2.31. The van der Waals surface area contributed by atoms with Gasteiger partial charge in [0.2, 0.25) is 0 Å². The molecule has 0 amide bonds. The number of ether oxygens (including phenoxy) is 1. The summed E-state index contributed by atoms with van der Waals surface area (Å²) in [6.45, 7) is 5.07. The fourth-order valence-corrected chi connectivity index (χ4v) is 2.79. The predicted molar refractivity (Wildman–Crippen MR) is 83.2 cm³/mol. The van der Waals surface area contributed by atoms with Crippen LogP contribution in [0.2, 0.25) is 0 Å². The monoisotopic (exact) mass is 293 g/mol. The normalized spacial score (nSPS) is 17.7. The Morgan fingerprint density at radius 1 is 1.52 bits per heavy atom. The summed E-state index contributed by atoms with van der Waals surface area (Å²) in [5, 5.41) is 14.5. The van der Waals surface area contributed by atoms with Gasteiger partial charge in [0.1, 0.15) is 0 Å². The van der Waals surface area contributed by atoms with Crippen molar-refractivity contribution < 1.29 is 9.66 Å². The van der Waals surface area contributed by atoms with Crippen molar-refractivity contribution in [3.63, 3.8) is 0 Å². The zero-order chi connectivity index (χ0) is 15.2. The summed E-state index contributed by atoms with van der Waals surface area (Å²) in [5.41, 5.74) is 0.990. The number of nitro groups is 1. The van der Waals surface area contributed by atoms with Crippen LogP contribution in [0.25, 0.3) is 0 Å². The van der Waals surface area contributed by atoms with Crippen LogP contribution in [-0.4, -0.2) is 37.7 Å². The molecule has 2 rings (SSSR count). The molecular formula is C15H23N3O3. The Kier molecular flexibility index (Phi) is 5.38. The van der Waals surface area contributed by atoms with Gasteiger partial charge < -0.3 is 15.0 Å². The second kappa shape index (κ2) is 7.26. The molecule has 21 heavy (non-hydrogen) atoms. The minimum Gasteiger partial charge on any atom is -0.490 e. The van der Waals surface area contributed by atoms with E-state index in [0.29, 0.717) is 11.8 Å². The molecule has 1 N–H and O–H groups in total. The summed E-state index contributed by atoms with van der Waals surface area (Å²) in [4.78, 5) is 12.8. The van der Waals surface area contributed by atoms with E-state index in [9.17, 15) is 10.1 Å². The molecule has 1 atom stereocenters. The average Bonchev–Trinajstić information content (AvgIpc) is 2.99. The summed E-state index contributed by atoms with van der Waals surface area (Å²) in [5.74, 6) is 0.318. The molecule has 0 spiro atoms. The van der Waals surface area contributed by atoms with Crippen LogP contribution in [0.1, 0.15) is 26.2 Å². The summed E-state index contributed by atoms with van der Waals surface area (Å²) in [6, 6.07) is 5.60. The second-order valence-electron chi connectivity index (χ2n) is 5.35. The first kappa shape index (κ1) is 15.6. The first-order chi connectivity index (χ1) is 10.2. The smallest absolute Gasteiger partial charge is 0.311 e. The van der Waals surface area contributed by atoms with E-state index < -0.39 is 4.92 Å². The molecule has 0 bridgehead atoms. The number of nitrogens with zero attached hydrogens (tertiary/aromatic N) is 2. The fraction of sp³-hybridized carbons (Fsp3) is 0.600. The molecule has 1 aromatic carbocycles. The minimum absolute atomic E-state index is 0.0108. The van der Waals surface area contributed by atoms with E-state index in [1.807, 2.05) is 6.07 Å². The van der Waals surface area contributed by atoms with Crippen LogP contribution in [0.5, 0.6) is 5.75 Å². The molecule has 0 aromatic heterocycles. The zero-order valence-electron chi connectivity index (χ0n) is 12.7. The highest BCUT2D eigenvalue weighted by molar-refractivity contribution is 5.59. The van der Waals surface area contributed by atoms with E-state index in [-0.39, 0.29) is 5.69 Å².